The molecule has 0 fully saturated rings. The van der Waals surface area contributed by atoms with Crippen LogP contribution in [0.5, 0.6) is 0 Å². The number of aliphatic hydroxyl groups is 2. The van der Waals surface area contributed by atoms with Gasteiger partial charge in [0.1, 0.15) is 5.82 Å². The van der Waals surface area contributed by atoms with Gasteiger partial charge in [-0.3, -0.25) is 9.78 Å². The molecule has 3 rings (SSSR count). The SMILES string of the molecule is C[C@H](C(=O)O)c1ccc(-c2ccccc2)c(F)c1.OCc1cccc(CO)n1. The van der Waals surface area contributed by atoms with Crippen molar-refractivity contribution in [2.24, 2.45) is 0 Å². The average Bonchev–Trinajstić information content (AvgIpc) is 2.74. The Kier molecular flexibility index (Phi) is 7.80. The Hall–Kier alpha value is -3.09. The van der Waals surface area contributed by atoms with Crippen LogP contribution in [0.2, 0.25) is 0 Å². The van der Waals surface area contributed by atoms with Gasteiger partial charge in [-0.05, 0) is 36.2 Å². The van der Waals surface area contributed by atoms with Crippen molar-refractivity contribution in [3.05, 3.63) is 89.5 Å². The monoisotopic (exact) mass is 383 g/mol. The second kappa shape index (κ2) is 10.3. The molecule has 0 saturated heterocycles. The largest absolute Gasteiger partial charge is 0.481 e. The summed E-state index contributed by atoms with van der Waals surface area (Å²) >= 11 is 0. The highest BCUT2D eigenvalue weighted by Crippen LogP contribution is 2.26. The van der Waals surface area contributed by atoms with Crippen molar-refractivity contribution >= 4 is 5.97 Å². The topological polar surface area (TPSA) is 90.7 Å². The van der Waals surface area contributed by atoms with Crippen molar-refractivity contribution < 1.29 is 24.5 Å². The molecule has 0 spiro atoms. The number of nitrogens with zero attached hydrogens (tertiary/aromatic N) is 1. The lowest BCUT2D eigenvalue weighted by Crippen LogP contribution is -2.07. The first-order valence-corrected chi connectivity index (χ1v) is 8.70. The number of halogens is 1. The third-order valence-corrected chi connectivity index (χ3v) is 4.14. The minimum atomic E-state index is -0.957. The van der Waals surface area contributed by atoms with Gasteiger partial charge >= 0.3 is 5.97 Å². The van der Waals surface area contributed by atoms with E-state index in [9.17, 15) is 9.18 Å². The summed E-state index contributed by atoms with van der Waals surface area (Å²) in [5.41, 5.74) is 2.92. The summed E-state index contributed by atoms with van der Waals surface area (Å²) in [4.78, 5) is 14.8. The average molecular weight is 383 g/mol. The Balaban J connectivity index is 0.000000237. The third-order valence-electron chi connectivity index (χ3n) is 4.14. The number of benzene rings is 2. The van der Waals surface area contributed by atoms with Gasteiger partial charge in [-0.15, -0.1) is 0 Å². The van der Waals surface area contributed by atoms with Crippen LogP contribution in [0.4, 0.5) is 4.39 Å². The number of hydrogen-bond donors (Lipinski definition) is 3. The Morgan fingerprint density at radius 1 is 0.964 bits per heavy atom. The van der Waals surface area contributed by atoms with E-state index in [0.29, 0.717) is 22.5 Å². The Morgan fingerprint density at radius 3 is 2.07 bits per heavy atom. The van der Waals surface area contributed by atoms with Crippen LogP contribution < -0.4 is 0 Å². The molecule has 1 heterocycles. The van der Waals surface area contributed by atoms with Crippen molar-refractivity contribution in [1.82, 2.24) is 4.98 Å². The van der Waals surface area contributed by atoms with Gasteiger partial charge in [0.15, 0.2) is 0 Å². The fourth-order valence-electron chi connectivity index (χ4n) is 2.50. The molecule has 0 unspecified atom stereocenters. The summed E-state index contributed by atoms with van der Waals surface area (Å²) in [6.07, 6.45) is 0. The Labute approximate surface area is 162 Å². The molecule has 0 radical (unpaired) electrons. The molecule has 0 aliphatic carbocycles. The van der Waals surface area contributed by atoms with Crippen LogP contribution in [0.1, 0.15) is 29.8 Å². The van der Waals surface area contributed by atoms with Crippen LogP contribution in [-0.4, -0.2) is 26.3 Å². The van der Waals surface area contributed by atoms with Gasteiger partial charge in [0.25, 0.3) is 0 Å². The quantitative estimate of drug-likeness (QED) is 0.624. The predicted molar refractivity (Wildman–Crippen MR) is 104 cm³/mol. The molecule has 3 N–H and O–H groups in total. The summed E-state index contributed by atoms with van der Waals surface area (Å²) in [7, 11) is 0. The number of aliphatic hydroxyl groups excluding tert-OH is 2. The lowest BCUT2D eigenvalue weighted by molar-refractivity contribution is -0.138. The summed E-state index contributed by atoms with van der Waals surface area (Å²) in [5.74, 6) is -2.06. The maximum absolute atomic E-state index is 14.0. The predicted octanol–water partition coefficient (Wildman–Crippen LogP) is 3.75. The minimum absolute atomic E-state index is 0.0756. The zero-order valence-corrected chi connectivity index (χ0v) is 15.4. The van der Waals surface area contributed by atoms with Crippen molar-refractivity contribution in [3.63, 3.8) is 0 Å². The van der Waals surface area contributed by atoms with E-state index in [0.717, 1.165) is 5.56 Å². The van der Waals surface area contributed by atoms with Crippen molar-refractivity contribution in [2.45, 2.75) is 26.1 Å². The number of pyridine rings is 1. The molecule has 146 valence electrons. The zero-order valence-electron chi connectivity index (χ0n) is 15.4. The number of carboxylic acid groups (broad SMARTS) is 1. The second-order valence-corrected chi connectivity index (χ2v) is 6.10. The number of aliphatic carboxylic acids is 1. The van der Waals surface area contributed by atoms with Crippen molar-refractivity contribution in [2.75, 3.05) is 0 Å². The van der Waals surface area contributed by atoms with Gasteiger partial charge in [0.05, 0.1) is 30.5 Å². The van der Waals surface area contributed by atoms with Crippen molar-refractivity contribution in [3.8, 4) is 11.1 Å². The van der Waals surface area contributed by atoms with Gasteiger partial charge in [0.2, 0.25) is 0 Å². The lowest BCUT2D eigenvalue weighted by Gasteiger charge is -2.09. The summed E-state index contributed by atoms with van der Waals surface area (Å²) < 4.78 is 14.0. The van der Waals surface area contributed by atoms with E-state index in [2.05, 4.69) is 4.98 Å². The van der Waals surface area contributed by atoms with Crippen LogP contribution in [0, 0.1) is 5.82 Å². The fraction of sp³-hybridized carbons (Fsp3) is 0.182. The maximum atomic E-state index is 14.0. The number of carbonyl (C=O) groups is 1. The molecule has 1 atom stereocenters. The number of aromatic nitrogens is 1. The first kappa shape index (κ1) is 21.2. The van der Waals surface area contributed by atoms with Crippen LogP contribution in [-0.2, 0) is 18.0 Å². The number of rotatable bonds is 5. The first-order valence-electron chi connectivity index (χ1n) is 8.70. The molecule has 0 bridgehead atoms. The second-order valence-electron chi connectivity index (χ2n) is 6.10. The van der Waals surface area contributed by atoms with Gasteiger partial charge in [-0.2, -0.15) is 0 Å². The molecule has 28 heavy (non-hydrogen) atoms. The third kappa shape index (κ3) is 5.70. The van der Waals surface area contributed by atoms with E-state index in [-0.39, 0.29) is 13.2 Å². The standard InChI is InChI=1S/C15H13FO2.C7H9NO2/c1-10(15(17)18)12-7-8-13(14(16)9-12)11-5-3-2-4-6-11;9-4-6-2-1-3-7(5-10)8-6/h2-10H,1H3,(H,17,18);1-3,9-10H,4-5H2/t10-;/m0./s1. The molecular weight excluding hydrogens is 361 g/mol. The first-order chi connectivity index (χ1) is 13.5. The fourth-order valence-corrected chi connectivity index (χ4v) is 2.50. The molecule has 0 saturated carbocycles. The summed E-state index contributed by atoms with van der Waals surface area (Å²) in [6.45, 7) is 1.39. The van der Waals surface area contributed by atoms with Crippen LogP contribution >= 0.6 is 0 Å². The van der Waals surface area contributed by atoms with E-state index < -0.39 is 17.7 Å². The number of hydrogen-bond acceptors (Lipinski definition) is 4. The van der Waals surface area contributed by atoms with Gasteiger partial charge in [-0.1, -0.05) is 48.5 Å². The highest BCUT2D eigenvalue weighted by molar-refractivity contribution is 5.76. The highest BCUT2D eigenvalue weighted by Gasteiger charge is 2.15. The van der Waals surface area contributed by atoms with Gasteiger partial charge in [-0.25, -0.2) is 4.39 Å². The van der Waals surface area contributed by atoms with E-state index in [1.807, 2.05) is 30.3 Å². The molecule has 0 aliphatic rings. The molecule has 5 nitrogen and oxygen atoms in total. The molecule has 0 amide bonds. The van der Waals surface area contributed by atoms with E-state index in [1.165, 1.54) is 6.07 Å². The molecular formula is C22H22FNO4. The molecule has 1 aromatic heterocycles. The normalized spacial score (nSPS) is 11.3. The lowest BCUT2D eigenvalue weighted by atomic mass is 9.97. The highest BCUT2D eigenvalue weighted by atomic mass is 19.1. The Morgan fingerprint density at radius 2 is 1.57 bits per heavy atom. The van der Waals surface area contributed by atoms with Crippen LogP contribution in [0.15, 0.2) is 66.7 Å². The minimum Gasteiger partial charge on any atom is -0.481 e. The smallest absolute Gasteiger partial charge is 0.310 e. The molecule has 0 aliphatic heterocycles. The van der Waals surface area contributed by atoms with E-state index in [1.54, 1.807) is 37.3 Å². The summed E-state index contributed by atoms with van der Waals surface area (Å²) in [6, 6.07) is 18.9. The molecule has 2 aromatic carbocycles. The van der Waals surface area contributed by atoms with Crippen LogP contribution in [0.3, 0.4) is 0 Å². The maximum Gasteiger partial charge on any atom is 0.310 e. The van der Waals surface area contributed by atoms with E-state index in [4.69, 9.17) is 15.3 Å². The van der Waals surface area contributed by atoms with Gasteiger partial charge < -0.3 is 15.3 Å². The van der Waals surface area contributed by atoms with Gasteiger partial charge in [0, 0.05) is 5.56 Å². The van der Waals surface area contributed by atoms with Crippen LogP contribution in [0.25, 0.3) is 11.1 Å². The summed E-state index contributed by atoms with van der Waals surface area (Å²) in [5, 5.41) is 26.1. The molecule has 3 aromatic rings. The molecule has 6 heteroatoms. The number of carboxylic acids is 1. The zero-order chi connectivity index (χ0) is 20.5. The van der Waals surface area contributed by atoms with E-state index >= 15 is 0 Å². The van der Waals surface area contributed by atoms with Crippen molar-refractivity contribution in [1.29, 1.82) is 0 Å². The Bertz CT molecular complexity index is 896.